The largest absolute Gasteiger partial charge is 0.485 e. The summed E-state index contributed by atoms with van der Waals surface area (Å²) in [6, 6.07) is 5.59. The number of hydrogen-bond donors (Lipinski definition) is 1. The van der Waals surface area contributed by atoms with Crippen LogP contribution in [0.3, 0.4) is 0 Å². The highest BCUT2D eigenvalue weighted by atomic mass is 32.1. The number of nitrogens with zero attached hydrogens (tertiary/aromatic N) is 2. The van der Waals surface area contributed by atoms with Crippen LogP contribution in [-0.2, 0) is 6.61 Å². The van der Waals surface area contributed by atoms with Gasteiger partial charge in [-0.2, -0.15) is 0 Å². The highest BCUT2D eigenvalue weighted by molar-refractivity contribution is 7.12. The molecule has 0 saturated heterocycles. The summed E-state index contributed by atoms with van der Waals surface area (Å²) in [5, 5.41) is 10.7. The fourth-order valence-electron chi connectivity index (χ4n) is 1.94. The molecule has 102 valence electrons. The predicted molar refractivity (Wildman–Crippen MR) is 75.5 cm³/mol. The van der Waals surface area contributed by atoms with Crippen LogP contribution in [0.5, 0.6) is 5.75 Å². The van der Waals surface area contributed by atoms with E-state index in [1.54, 1.807) is 11.4 Å². The second-order valence-electron chi connectivity index (χ2n) is 4.41. The van der Waals surface area contributed by atoms with Crippen LogP contribution in [0.4, 0.5) is 0 Å². The quantitative estimate of drug-likeness (QED) is 0.801. The number of aryl methyl sites for hydroxylation is 1. The van der Waals surface area contributed by atoms with Gasteiger partial charge in [0.2, 0.25) is 0 Å². The maximum absolute atomic E-state index is 11.0. The van der Waals surface area contributed by atoms with Crippen LogP contribution in [0.25, 0.3) is 5.65 Å². The van der Waals surface area contributed by atoms with E-state index in [9.17, 15) is 4.79 Å². The lowest BCUT2D eigenvalue weighted by molar-refractivity contribution is 0.0697. The first-order valence-corrected chi connectivity index (χ1v) is 6.89. The first-order valence-electron chi connectivity index (χ1n) is 6.01. The minimum Gasteiger partial charge on any atom is -0.485 e. The number of ether oxygens (including phenoxy) is 1. The molecule has 0 spiro atoms. The van der Waals surface area contributed by atoms with Gasteiger partial charge in [-0.1, -0.05) is 6.07 Å². The van der Waals surface area contributed by atoms with Crippen molar-refractivity contribution in [3.05, 3.63) is 52.1 Å². The Kier molecular flexibility index (Phi) is 3.15. The van der Waals surface area contributed by atoms with Gasteiger partial charge in [0.1, 0.15) is 18.0 Å². The normalized spacial score (nSPS) is 10.8. The number of pyridine rings is 1. The first-order chi connectivity index (χ1) is 9.63. The molecule has 0 atom stereocenters. The minimum atomic E-state index is -0.972. The minimum absolute atomic E-state index is 0.213. The summed E-state index contributed by atoms with van der Waals surface area (Å²) in [6.07, 6.45) is 3.87. The summed E-state index contributed by atoms with van der Waals surface area (Å²) in [4.78, 5) is 15.6. The fraction of sp³-hybridized carbons (Fsp3) is 0.143. The molecule has 0 bridgehead atoms. The zero-order valence-electron chi connectivity index (χ0n) is 10.7. The Bertz CT molecular complexity index is 776. The molecule has 0 radical (unpaired) electrons. The van der Waals surface area contributed by atoms with E-state index in [1.807, 2.05) is 35.9 Å². The van der Waals surface area contributed by atoms with E-state index in [2.05, 4.69) is 4.98 Å². The second-order valence-corrected chi connectivity index (χ2v) is 5.33. The lowest BCUT2D eigenvalue weighted by atomic mass is 10.3. The van der Waals surface area contributed by atoms with Gasteiger partial charge in [0.05, 0.1) is 5.69 Å². The molecule has 3 aromatic heterocycles. The van der Waals surface area contributed by atoms with Crippen LogP contribution in [-0.4, -0.2) is 20.5 Å². The Balaban J connectivity index is 1.79. The van der Waals surface area contributed by atoms with E-state index in [4.69, 9.17) is 9.84 Å². The maximum Gasteiger partial charge on any atom is 0.349 e. The van der Waals surface area contributed by atoms with Gasteiger partial charge in [0.25, 0.3) is 0 Å². The van der Waals surface area contributed by atoms with E-state index in [1.165, 1.54) is 0 Å². The summed E-state index contributed by atoms with van der Waals surface area (Å²) in [7, 11) is 0. The molecule has 0 aromatic carbocycles. The van der Waals surface area contributed by atoms with Gasteiger partial charge in [-0.15, -0.1) is 11.3 Å². The summed E-state index contributed by atoms with van der Waals surface area (Å²) in [5.41, 5.74) is 2.75. The average molecular weight is 288 g/mol. The lowest BCUT2D eigenvalue weighted by Crippen LogP contribution is -2.00. The zero-order chi connectivity index (χ0) is 14.1. The number of hydrogen-bond acceptors (Lipinski definition) is 4. The van der Waals surface area contributed by atoms with Crippen LogP contribution < -0.4 is 4.74 Å². The monoisotopic (exact) mass is 288 g/mol. The van der Waals surface area contributed by atoms with E-state index in [0.717, 1.165) is 28.2 Å². The summed E-state index contributed by atoms with van der Waals surface area (Å²) < 4.78 is 7.47. The van der Waals surface area contributed by atoms with Gasteiger partial charge in [-0.25, -0.2) is 9.78 Å². The number of carboxylic acids is 1. The average Bonchev–Trinajstić information content (AvgIpc) is 3.01. The van der Waals surface area contributed by atoms with Crippen molar-refractivity contribution < 1.29 is 14.6 Å². The van der Waals surface area contributed by atoms with E-state index in [0.29, 0.717) is 5.75 Å². The molecule has 0 saturated carbocycles. The van der Waals surface area contributed by atoms with Crippen molar-refractivity contribution >= 4 is 23.0 Å². The smallest absolute Gasteiger partial charge is 0.349 e. The molecule has 3 rings (SSSR count). The molecule has 0 aliphatic rings. The molecule has 0 unspecified atom stereocenters. The van der Waals surface area contributed by atoms with Crippen LogP contribution in [0.15, 0.2) is 36.0 Å². The van der Waals surface area contributed by atoms with Crippen molar-refractivity contribution in [2.45, 2.75) is 13.5 Å². The summed E-state index contributed by atoms with van der Waals surface area (Å²) in [6.45, 7) is 2.26. The molecular formula is C14H12N2O3S. The van der Waals surface area contributed by atoms with E-state index >= 15 is 0 Å². The van der Waals surface area contributed by atoms with E-state index in [-0.39, 0.29) is 11.5 Å². The molecule has 3 aromatic rings. The zero-order valence-corrected chi connectivity index (χ0v) is 11.6. The Labute approximate surface area is 119 Å². The molecule has 0 aliphatic heterocycles. The highest BCUT2D eigenvalue weighted by Gasteiger charge is 2.13. The van der Waals surface area contributed by atoms with Gasteiger partial charge >= 0.3 is 5.97 Å². The van der Waals surface area contributed by atoms with Crippen molar-refractivity contribution in [2.75, 3.05) is 0 Å². The van der Waals surface area contributed by atoms with Crippen molar-refractivity contribution in [1.29, 1.82) is 0 Å². The number of aromatic carboxylic acids is 1. The number of imidazole rings is 1. The third kappa shape index (κ3) is 2.37. The molecule has 1 N–H and O–H groups in total. The Hall–Kier alpha value is -2.34. The standard InChI is InChI=1S/C14H12N2O3S/c1-9-2-3-12-15-10(7-16(12)6-9)8-19-11-4-5-20-13(11)14(17)18/h2-7H,8H2,1H3,(H,17,18). The first kappa shape index (κ1) is 12.7. The third-order valence-electron chi connectivity index (χ3n) is 2.85. The van der Waals surface area contributed by atoms with Crippen molar-refractivity contribution in [1.82, 2.24) is 9.38 Å². The third-order valence-corrected chi connectivity index (χ3v) is 3.73. The number of carboxylic acid groups (broad SMARTS) is 1. The second kappa shape index (κ2) is 4.97. The van der Waals surface area contributed by atoms with Crippen LogP contribution in [0.2, 0.25) is 0 Å². The van der Waals surface area contributed by atoms with Gasteiger partial charge in [0.15, 0.2) is 4.88 Å². The van der Waals surface area contributed by atoms with Gasteiger partial charge < -0.3 is 14.2 Å². The summed E-state index contributed by atoms with van der Waals surface area (Å²) >= 11 is 1.15. The lowest BCUT2D eigenvalue weighted by Gasteiger charge is -2.02. The number of aromatic nitrogens is 2. The highest BCUT2D eigenvalue weighted by Crippen LogP contribution is 2.25. The number of rotatable bonds is 4. The Morgan fingerprint density at radius 1 is 1.40 bits per heavy atom. The summed E-state index contributed by atoms with van der Waals surface area (Å²) in [5.74, 6) is -0.587. The fourth-order valence-corrected chi connectivity index (χ4v) is 2.62. The van der Waals surface area contributed by atoms with Crippen molar-refractivity contribution in [3.63, 3.8) is 0 Å². The molecule has 6 heteroatoms. The van der Waals surface area contributed by atoms with Crippen LogP contribution in [0, 0.1) is 6.92 Å². The molecule has 0 aliphatic carbocycles. The van der Waals surface area contributed by atoms with Crippen molar-refractivity contribution in [2.24, 2.45) is 0 Å². The Morgan fingerprint density at radius 2 is 2.25 bits per heavy atom. The van der Waals surface area contributed by atoms with Crippen molar-refractivity contribution in [3.8, 4) is 5.75 Å². The maximum atomic E-state index is 11.0. The van der Waals surface area contributed by atoms with Crippen LogP contribution >= 0.6 is 11.3 Å². The predicted octanol–water partition coefficient (Wildman–Crippen LogP) is 2.98. The number of fused-ring (bicyclic) bond motifs is 1. The number of thiophene rings is 1. The van der Waals surface area contributed by atoms with E-state index < -0.39 is 5.97 Å². The molecule has 0 fully saturated rings. The number of carbonyl (C=O) groups is 1. The molecular weight excluding hydrogens is 276 g/mol. The van der Waals surface area contributed by atoms with Gasteiger partial charge in [-0.3, -0.25) is 0 Å². The Morgan fingerprint density at radius 3 is 3.05 bits per heavy atom. The molecule has 5 nitrogen and oxygen atoms in total. The molecule has 0 amide bonds. The SMILES string of the molecule is Cc1ccc2nc(COc3ccsc3C(=O)O)cn2c1. The topological polar surface area (TPSA) is 63.8 Å². The van der Waals surface area contributed by atoms with Gasteiger partial charge in [0, 0.05) is 12.4 Å². The van der Waals surface area contributed by atoms with Gasteiger partial charge in [-0.05, 0) is 30.0 Å². The van der Waals surface area contributed by atoms with Crippen LogP contribution in [0.1, 0.15) is 20.9 Å². The molecule has 3 heterocycles. The molecule has 20 heavy (non-hydrogen) atoms.